The second kappa shape index (κ2) is 5.17. The number of aliphatic hydroxyl groups excluding tert-OH is 1. The minimum absolute atomic E-state index is 0.0415. The molecule has 0 unspecified atom stereocenters. The van der Waals surface area contributed by atoms with Crippen molar-refractivity contribution in [3.63, 3.8) is 0 Å². The number of hydrogen-bond acceptors (Lipinski definition) is 7. The number of benzene rings is 1. The molecule has 2 aromatic rings. The lowest BCUT2D eigenvalue weighted by atomic mass is 10.2. The zero-order valence-electron chi connectivity index (χ0n) is 10.3. The van der Waals surface area contributed by atoms with Gasteiger partial charge in [0.1, 0.15) is 0 Å². The molecule has 0 spiro atoms. The van der Waals surface area contributed by atoms with Gasteiger partial charge in [-0.1, -0.05) is 0 Å². The Hall–Kier alpha value is -2.00. The predicted octanol–water partition coefficient (Wildman–Crippen LogP) is 1.56. The summed E-state index contributed by atoms with van der Waals surface area (Å²) in [7, 11) is 0. The fraction of sp³-hybridized carbons (Fsp3) is 0.364. The molecule has 8 nitrogen and oxygen atoms in total. The van der Waals surface area contributed by atoms with Crippen LogP contribution in [0.5, 0.6) is 0 Å². The summed E-state index contributed by atoms with van der Waals surface area (Å²) in [6, 6.07) is 4.74. The maximum atomic E-state index is 10.7. The van der Waals surface area contributed by atoms with E-state index in [1.165, 1.54) is 23.9 Å². The molecule has 20 heavy (non-hydrogen) atoms. The van der Waals surface area contributed by atoms with Crippen LogP contribution in [0.1, 0.15) is 24.4 Å². The Kier molecular flexibility index (Phi) is 3.36. The molecular weight excluding hydrogens is 282 g/mol. The molecule has 0 aliphatic heterocycles. The van der Waals surface area contributed by atoms with Crippen LogP contribution in [0.2, 0.25) is 0 Å². The van der Waals surface area contributed by atoms with E-state index in [0.717, 1.165) is 17.7 Å². The SMILES string of the molecule is O=[N+]([O-])c1ccc(Sc2nnnn2C2CC2)c(CO)c1. The van der Waals surface area contributed by atoms with Gasteiger partial charge < -0.3 is 5.11 Å². The van der Waals surface area contributed by atoms with Gasteiger partial charge in [0.2, 0.25) is 5.16 Å². The van der Waals surface area contributed by atoms with Gasteiger partial charge in [-0.25, -0.2) is 4.68 Å². The first kappa shape index (κ1) is 13.0. The Morgan fingerprint density at radius 1 is 1.50 bits per heavy atom. The summed E-state index contributed by atoms with van der Waals surface area (Å²) >= 11 is 1.31. The molecule has 1 aliphatic carbocycles. The molecule has 1 aromatic heterocycles. The Morgan fingerprint density at radius 2 is 2.30 bits per heavy atom. The molecule has 1 aromatic carbocycles. The van der Waals surface area contributed by atoms with E-state index in [4.69, 9.17) is 0 Å². The Balaban J connectivity index is 1.89. The van der Waals surface area contributed by atoms with Crippen LogP contribution in [0.15, 0.2) is 28.3 Å². The standard InChI is InChI=1S/C11H11N5O3S/c17-6-7-5-9(16(18)19)3-4-10(7)20-11-12-13-14-15(11)8-1-2-8/h3-5,8,17H,1-2,6H2. The van der Waals surface area contributed by atoms with Crippen molar-refractivity contribution in [3.8, 4) is 0 Å². The molecule has 0 bridgehead atoms. The highest BCUT2D eigenvalue weighted by molar-refractivity contribution is 7.99. The van der Waals surface area contributed by atoms with Crippen molar-refractivity contribution in [3.05, 3.63) is 33.9 Å². The predicted molar refractivity (Wildman–Crippen MR) is 69.2 cm³/mol. The number of nitro benzene ring substituents is 1. The highest BCUT2D eigenvalue weighted by atomic mass is 32.2. The van der Waals surface area contributed by atoms with Crippen LogP contribution in [0.4, 0.5) is 5.69 Å². The topological polar surface area (TPSA) is 107 Å². The van der Waals surface area contributed by atoms with Crippen LogP contribution >= 0.6 is 11.8 Å². The van der Waals surface area contributed by atoms with Gasteiger partial charge in [0.05, 0.1) is 17.6 Å². The summed E-state index contributed by atoms with van der Waals surface area (Å²) in [6.07, 6.45) is 2.12. The van der Waals surface area contributed by atoms with E-state index in [0.29, 0.717) is 16.8 Å². The van der Waals surface area contributed by atoms with E-state index in [1.807, 2.05) is 0 Å². The lowest BCUT2D eigenvalue weighted by Gasteiger charge is -2.06. The van der Waals surface area contributed by atoms with Gasteiger partial charge in [0, 0.05) is 17.0 Å². The number of nitrogens with zero attached hydrogens (tertiary/aromatic N) is 5. The zero-order chi connectivity index (χ0) is 14.1. The van der Waals surface area contributed by atoms with Gasteiger partial charge in [-0.15, -0.1) is 5.10 Å². The number of rotatable bonds is 5. The fourth-order valence-electron chi connectivity index (χ4n) is 1.80. The number of non-ortho nitro benzene ring substituents is 1. The Bertz CT molecular complexity index is 655. The number of aromatic nitrogens is 4. The summed E-state index contributed by atoms with van der Waals surface area (Å²) < 4.78 is 1.76. The van der Waals surface area contributed by atoms with E-state index >= 15 is 0 Å². The van der Waals surface area contributed by atoms with Crippen LogP contribution in [0, 0.1) is 10.1 Å². The number of hydrogen-bond donors (Lipinski definition) is 1. The van der Waals surface area contributed by atoms with Crippen molar-refractivity contribution in [2.45, 2.75) is 35.5 Å². The fourth-order valence-corrected chi connectivity index (χ4v) is 2.75. The summed E-state index contributed by atoms with van der Waals surface area (Å²) in [4.78, 5) is 11.0. The molecule has 0 saturated heterocycles. The van der Waals surface area contributed by atoms with Gasteiger partial charge in [-0.3, -0.25) is 10.1 Å². The van der Waals surface area contributed by atoms with E-state index in [9.17, 15) is 15.2 Å². The summed E-state index contributed by atoms with van der Waals surface area (Å²) in [6.45, 7) is -0.269. The lowest BCUT2D eigenvalue weighted by molar-refractivity contribution is -0.385. The van der Waals surface area contributed by atoms with E-state index < -0.39 is 4.92 Å². The third-order valence-corrected chi connectivity index (χ3v) is 4.05. The van der Waals surface area contributed by atoms with Crippen molar-refractivity contribution >= 4 is 17.4 Å². The van der Waals surface area contributed by atoms with E-state index in [2.05, 4.69) is 15.5 Å². The van der Waals surface area contributed by atoms with Gasteiger partial charge in [0.15, 0.2) is 0 Å². The smallest absolute Gasteiger partial charge is 0.269 e. The summed E-state index contributed by atoms with van der Waals surface area (Å²) in [5.41, 5.74) is 0.453. The summed E-state index contributed by atoms with van der Waals surface area (Å²) in [5, 5.41) is 32.3. The first-order valence-electron chi connectivity index (χ1n) is 6.03. The van der Waals surface area contributed by atoms with E-state index in [1.54, 1.807) is 10.7 Å². The second-order valence-corrected chi connectivity index (χ2v) is 5.46. The van der Waals surface area contributed by atoms with Crippen LogP contribution < -0.4 is 0 Å². The first-order chi connectivity index (χ1) is 9.69. The molecule has 1 aliphatic rings. The van der Waals surface area contributed by atoms with Crippen molar-refractivity contribution in [1.29, 1.82) is 0 Å². The van der Waals surface area contributed by atoms with Gasteiger partial charge in [-0.05, 0) is 46.7 Å². The largest absolute Gasteiger partial charge is 0.392 e. The van der Waals surface area contributed by atoms with Gasteiger partial charge in [-0.2, -0.15) is 0 Å². The molecule has 1 fully saturated rings. The van der Waals surface area contributed by atoms with Crippen molar-refractivity contribution in [2.24, 2.45) is 0 Å². The van der Waals surface area contributed by atoms with Crippen LogP contribution in [-0.4, -0.2) is 30.2 Å². The maximum Gasteiger partial charge on any atom is 0.269 e. The highest BCUT2D eigenvalue weighted by Gasteiger charge is 2.28. The third kappa shape index (κ3) is 2.49. The molecule has 1 saturated carbocycles. The van der Waals surface area contributed by atoms with Crippen LogP contribution in [-0.2, 0) is 6.61 Å². The van der Waals surface area contributed by atoms with E-state index in [-0.39, 0.29) is 12.3 Å². The lowest BCUT2D eigenvalue weighted by Crippen LogP contribution is -1.99. The minimum atomic E-state index is -0.484. The maximum absolute atomic E-state index is 10.7. The molecule has 0 amide bonds. The molecule has 0 radical (unpaired) electrons. The molecule has 3 rings (SSSR count). The van der Waals surface area contributed by atoms with Gasteiger partial charge >= 0.3 is 0 Å². The Labute approximate surface area is 117 Å². The Morgan fingerprint density at radius 3 is 2.95 bits per heavy atom. The molecule has 0 atom stereocenters. The second-order valence-electron chi connectivity index (χ2n) is 4.45. The normalized spacial score (nSPS) is 14.4. The quantitative estimate of drug-likeness (QED) is 0.658. The van der Waals surface area contributed by atoms with Gasteiger partial charge in [0.25, 0.3) is 5.69 Å². The third-order valence-electron chi connectivity index (χ3n) is 2.98. The molecule has 1 N–H and O–H groups in total. The monoisotopic (exact) mass is 293 g/mol. The molecular formula is C11H11N5O3S. The number of nitro groups is 1. The number of tetrazole rings is 1. The number of aliphatic hydroxyl groups is 1. The minimum Gasteiger partial charge on any atom is -0.392 e. The average molecular weight is 293 g/mol. The van der Waals surface area contributed by atoms with Crippen molar-refractivity contribution in [2.75, 3.05) is 0 Å². The molecule has 9 heteroatoms. The average Bonchev–Trinajstić information content (AvgIpc) is 3.19. The van der Waals surface area contributed by atoms with Crippen molar-refractivity contribution < 1.29 is 10.0 Å². The molecule has 1 heterocycles. The highest BCUT2D eigenvalue weighted by Crippen LogP contribution is 2.39. The first-order valence-corrected chi connectivity index (χ1v) is 6.84. The van der Waals surface area contributed by atoms with Crippen LogP contribution in [0.25, 0.3) is 0 Å². The molecule has 104 valence electrons. The zero-order valence-corrected chi connectivity index (χ0v) is 11.2. The summed E-state index contributed by atoms with van der Waals surface area (Å²) in [5.74, 6) is 0. The van der Waals surface area contributed by atoms with Crippen LogP contribution in [0.3, 0.4) is 0 Å². The van der Waals surface area contributed by atoms with Crippen molar-refractivity contribution in [1.82, 2.24) is 20.2 Å².